The molecule has 0 aliphatic heterocycles. The lowest BCUT2D eigenvalue weighted by atomic mass is 9.99. The Morgan fingerprint density at radius 2 is 1.45 bits per heavy atom. The summed E-state index contributed by atoms with van der Waals surface area (Å²) in [6.45, 7) is 2.76. The second-order valence-corrected chi connectivity index (χ2v) is 8.16. The molecule has 0 aromatic heterocycles. The number of unbranched alkanes of at least 4 members (excludes halogenated alkanes) is 9. The molecule has 2 unspecified atom stereocenters. The second-order valence-electron chi connectivity index (χ2n) is 8.16. The third-order valence-corrected chi connectivity index (χ3v) is 5.47. The fraction of sp³-hybridized carbons (Fsp3) is 0.720. The van der Waals surface area contributed by atoms with Gasteiger partial charge in [0.15, 0.2) is 0 Å². The minimum Gasteiger partial charge on any atom is -0.481 e. The Hall–Kier alpha value is -1.39. The minimum atomic E-state index is -0.772. The van der Waals surface area contributed by atoms with E-state index in [1.54, 1.807) is 0 Å². The van der Waals surface area contributed by atoms with Crippen molar-refractivity contribution in [1.82, 2.24) is 0 Å². The summed E-state index contributed by atoms with van der Waals surface area (Å²) in [5, 5.41) is 19.4. The molecule has 0 aliphatic rings. The molecule has 0 spiro atoms. The van der Waals surface area contributed by atoms with E-state index in [4.69, 9.17) is 9.84 Å². The molecule has 0 saturated carbocycles. The third kappa shape index (κ3) is 14.3. The van der Waals surface area contributed by atoms with Crippen LogP contribution in [0.5, 0.6) is 0 Å². The van der Waals surface area contributed by atoms with Gasteiger partial charge in [-0.2, -0.15) is 0 Å². The molecule has 0 amide bonds. The van der Waals surface area contributed by atoms with Gasteiger partial charge in [0.1, 0.15) is 0 Å². The van der Waals surface area contributed by atoms with Gasteiger partial charge in [-0.3, -0.25) is 4.79 Å². The van der Waals surface area contributed by atoms with Crippen LogP contribution in [0, 0.1) is 0 Å². The molecule has 29 heavy (non-hydrogen) atoms. The maximum Gasteiger partial charge on any atom is 0.303 e. The number of aliphatic hydroxyl groups is 1. The molecule has 4 nitrogen and oxygen atoms in total. The Kier molecular flexibility index (Phi) is 15.4. The summed E-state index contributed by atoms with van der Waals surface area (Å²) in [4.78, 5) is 10.7. The highest BCUT2D eigenvalue weighted by Gasteiger charge is 2.19. The predicted molar refractivity (Wildman–Crippen MR) is 119 cm³/mol. The first-order valence-corrected chi connectivity index (χ1v) is 11.7. The van der Waals surface area contributed by atoms with Crippen LogP contribution in [0.25, 0.3) is 0 Å². The zero-order valence-corrected chi connectivity index (χ0v) is 18.4. The van der Waals surface area contributed by atoms with E-state index in [1.807, 2.05) is 30.3 Å². The van der Waals surface area contributed by atoms with Gasteiger partial charge in [-0.15, -0.1) is 0 Å². The summed E-state index contributed by atoms with van der Waals surface area (Å²) < 4.78 is 6.07. The van der Waals surface area contributed by atoms with Crippen molar-refractivity contribution < 1.29 is 19.7 Å². The fourth-order valence-electron chi connectivity index (χ4n) is 3.64. The molecular formula is C25H42O4. The largest absolute Gasteiger partial charge is 0.481 e. The standard InChI is InChI=1S/C25H42O4/c1-2-3-4-5-6-7-8-9-13-19-24(23(26)18-14-15-20-25(27)28)29-21-22-16-11-10-12-17-22/h10-12,16-17,23-24,26H,2-9,13-15,18-21H2,1H3,(H,27,28). The number of hydrogen-bond donors (Lipinski definition) is 2. The molecule has 1 rings (SSSR count). The van der Waals surface area contributed by atoms with Crippen molar-refractivity contribution in [2.24, 2.45) is 0 Å². The van der Waals surface area contributed by atoms with Gasteiger partial charge in [0.2, 0.25) is 0 Å². The number of carboxylic acids is 1. The van der Waals surface area contributed by atoms with Gasteiger partial charge < -0.3 is 14.9 Å². The molecule has 0 aliphatic carbocycles. The Morgan fingerprint density at radius 3 is 2.07 bits per heavy atom. The van der Waals surface area contributed by atoms with Crippen molar-refractivity contribution in [3.63, 3.8) is 0 Å². The van der Waals surface area contributed by atoms with E-state index in [1.165, 1.54) is 51.4 Å². The Bertz CT molecular complexity index is 503. The van der Waals surface area contributed by atoms with Crippen LogP contribution in [0.2, 0.25) is 0 Å². The van der Waals surface area contributed by atoms with E-state index < -0.39 is 12.1 Å². The number of aliphatic hydroxyl groups excluding tert-OH is 1. The Morgan fingerprint density at radius 1 is 0.862 bits per heavy atom. The van der Waals surface area contributed by atoms with Crippen LogP contribution in [-0.2, 0) is 16.1 Å². The topological polar surface area (TPSA) is 66.8 Å². The molecule has 4 heteroatoms. The van der Waals surface area contributed by atoms with E-state index >= 15 is 0 Å². The smallest absolute Gasteiger partial charge is 0.303 e. The van der Waals surface area contributed by atoms with E-state index in [0.29, 0.717) is 19.4 Å². The molecule has 0 bridgehead atoms. The summed E-state index contributed by atoms with van der Waals surface area (Å²) in [6.07, 6.45) is 13.8. The van der Waals surface area contributed by atoms with Crippen molar-refractivity contribution in [2.45, 2.75) is 116 Å². The lowest BCUT2D eigenvalue weighted by Crippen LogP contribution is -2.29. The van der Waals surface area contributed by atoms with Crippen LogP contribution in [0.1, 0.15) is 102 Å². The molecule has 2 atom stereocenters. The van der Waals surface area contributed by atoms with Gasteiger partial charge in [-0.25, -0.2) is 0 Å². The molecule has 0 heterocycles. The van der Waals surface area contributed by atoms with Gasteiger partial charge in [0.25, 0.3) is 0 Å². The van der Waals surface area contributed by atoms with Crippen LogP contribution < -0.4 is 0 Å². The summed E-state index contributed by atoms with van der Waals surface area (Å²) in [7, 11) is 0. The van der Waals surface area contributed by atoms with Crippen molar-refractivity contribution in [3.8, 4) is 0 Å². The second kappa shape index (κ2) is 17.5. The Labute approximate surface area is 177 Å². The fourth-order valence-corrected chi connectivity index (χ4v) is 3.64. The van der Waals surface area contributed by atoms with Crippen LogP contribution in [0.4, 0.5) is 0 Å². The predicted octanol–water partition coefficient (Wildman–Crippen LogP) is 6.50. The van der Waals surface area contributed by atoms with E-state index in [2.05, 4.69) is 6.92 Å². The summed E-state index contributed by atoms with van der Waals surface area (Å²) in [6, 6.07) is 10.1. The molecule has 166 valence electrons. The van der Waals surface area contributed by atoms with Crippen molar-refractivity contribution in [2.75, 3.05) is 0 Å². The number of carboxylic acid groups (broad SMARTS) is 1. The summed E-state index contributed by atoms with van der Waals surface area (Å²) in [5.41, 5.74) is 1.11. The highest BCUT2D eigenvalue weighted by atomic mass is 16.5. The van der Waals surface area contributed by atoms with Crippen LogP contribution in [0.3, 0.4) is 0 Å². The molecule has 1 aromatic rings. The average molecular weight is 407 g/mol. The van der Waals surface area contributed by atoms with E-state index in [-0.39, 0.29) is 12.5 Å². The molecule has 0 fully saturated rings. The monoisotopic (exact) mass is 406 g/mol. The molecule has 0 saturated heterocycles. The first kappa shape index (κ1) is 25.6. The highest BCUT2D eigenvalue weighted by Crippen LogP contribution is 2.19. The number of carbonyl (C=O) groups is 1. The average Bonchev–Trinajstić information content (AvgIpc) is 2.72. The lowest BCUT2D eigenvalue weighted by molar-refractivity contribution is -0.137. The molecule has 1 aromatic carbocycles. The SMILES string of the molecule is CCCCCCCCCCCC(OCc1ccccc1)C(O)CCCCC(=O)O. The minimum absolute atomic E-state index is 0.167. The number of benzene rings is 1. The van der Waals surface area contributed by atoms with Crippen molar-refractivity contribution >= 4 is 5.97 Å². The van der Waals surface area contributed by atoms with Gasteiger partial charge in [0, 0.05) is 6.42 Å². The molecular weight excluding hydrogens is 364 g/mol. The van der Waals surface area contributed by atoms with Crippen LogP contribution >= 0.6 is 0 Å². The number of ether oxygens (including phenoxy) is 1. The maximum atomic E-state index is 10.7. The number of rotatable bonds is 19. The van der Waals surface area contributed by atoms with Crippen molar-refractivity contribution in [1.29, 1.82) is 0 Å². The third-order valence-electron chi connectivity index (χ3n) is 5.47. The zero-order chi connectivity index (χ0) is 21.2. The first-order chi connectivity index (χ1) is 14.1. The summed E-state index contributed by atoms with van der Waals surface area (Å²) >= 11 is 0. The molecule has 2 N–H and O–H groups in total. The van der Waals surface area contributed by atoms with Crippen LogP contribution in [0.15, 0.2) is 30.3 Å². The lowest BCUT2D eigenvalue weighted by Gasteiger charge is -2.24. The number of aliphatic carboxylic acids is 1. The van der Waals surface area contributed by atoms with Crippen molar-refractivity contribution in [3.05, 3.63) is 35.9 Å². The normalized spacial score (nSPS) is 13.3. The maximum absolute atomic E-state index is 10.7. The number of hydrogen-bond acceptors (Lipinski definition) is 3. The van der Waals surface area contributed by atoms with Gasteiger partial charge >= 0.3 is 5.97 Å². The van der Waals surface area contributed by atoms with Gasteiger partial charge in [-0.1, -0.05) is 101 Å². The zero-order valence-electron chi connectivity index (χ0n) is 18.4. The van der Waals surface area contributed by atoms with Gasteiger partial charge in [0.05, 0.1) is 18.8 Å². The quantitative estimate of drug-likeness (QED) is 0.257. The van der Waals surface area contributed by atoms with E-state index in [9.17, 15) is 9.90 Å². The van der Waals surface area contributed by atoms with Crippen LogP contribution in [-0.4, -0.2) is 28.4 Å². The van der Waals surface area contributed by atoms with Gasteiger partial charge in [-0.05, 0) is 24.8 Å². The first-order valence-electron chi connectivity index (χ1n) is 11.7. The summed E-state index contributed by atoms with van der Waals surface area (Å²) in [5.74, 6) is -0.772. The molecule has 0 radical (unpaired) electrons. The highest BCUT2D eigenvalue weighted by molar-refractivity contribution is 5.66. The Balaban J connectivity index is 2.30. The van der Waals surface area contributed by atoms with E-state index in [0.717, 1.165) is 24.8 Å².